The SMILES string of the molecule is Cc1ccc(NC(=O)c2cccc(NC(=O)NC3CC3)c2)cc1NS(=O)(=O)c1ccccc1. The maximum Gasteiger partial charge on any atom is 0.319 e. The van der Waals surface area contributed by atoms with Gasteiger partial charge < -0.3 is 16.0 Å². The van der Waals surface area contributed by atoms with Crippen LogP contribution in [0.5, 0.6) is 0 Å². The van der Waals surface area contributed by atoms with Gasteiger partial charge in [-0.15, -0.1) is 0 Å². The molecule has 1 saturated carbocycles. The van der Waals surface area contributed by atoms with Crippen molar-refractivity contribution < 1.29 is 18.0 Å². The van der Waals surface area contributed by atoms with Crippen LogP contribution in [0.4, 0.5) is 21.9 Å². The third-order valence-corrected chi connectivity index (χ3v) is 6.47. The number of sulfonamides is 1. The Kier molecular flexibility index (Phi) is 6.32. The van der Waals surface area contributed by atoms with E-state index in [2.05, 4.69) is 20.7 Å². The number of amides is 3. The molecule has 9 heteroatoms. The average molecular weight is 465 g/mol. The highest BCUT2D eigenvalue weighted by atomic mass is 32.2. The summed E-state index contributed by atoms with van der Waals surface area (Å²) in [6.45, 7) is 1.77. The number of aryl methyl sites for hydroxylation is 1. The van der Waals surface area contributed by atoms with Crippen molar-refractivity contribution in [1.82, 2.24) is 5.32 Å². The minimum Gasteiger partial charge on any atom is -0.335 e. The molecule has 0 heterocycles. The third-order valence-electron chi connectivity index (χ3n) is 5.09. The summed E-state index contributed by atoms with van der Waals surface area (Å²) >= 11 is 0. The lowest BCUT2D eigenvalue weighted by Crippen LogP contribution is -2.30. The molecular formula is C24H24N4O4S. The van der Waals surface area contributed by atoms with Crippen LogP contribution >= 0.6 is 0 Å². The molecule has 3 aromatic rings. The van der Waals surface area contributed by atoms with Crippen LogP contribution in [0.15, 0.2) is 77.7 Å². The topological polar surface area (TPSA) is 116 Å². The lowest BCUT2D eigenvalue weighted by atomic mass is 10.1. The second kappa shape index (κ2) is 9.33. The fraction of sp³-hybridized carbons (Fsp3) is 0.167. The van der Waals surface area contributed by atoms with Crippen LogP contribution in [0.25, 0.3) is 0 Å². The molecule has 4 N–H and O–H groups in total. The Labute approximate surface area is 192 Å². The number of benzene rings is 3. The summed E-state index contributed by atoms with van der Waals surface area (Å²) in [6, 6.07) is 19.6. The van der Waals surface area contributed by atoms with Gasteiger partial charge in [-0.1, -0.05) is 30.3 Å². The van der Waals surface area contributed by atoms with E-state index < -0.39 is 10.0 Å². The molecule has 3 amide bonds. The van der Waals surface area contributed by atoms with Gasteiger partial charge in [0.05, 0.1) is 10.6 Å². The van der Waals surface area contributed by atoms with Crippen molar-refractivity contribution in [1.29, 1.82) is 0 Å². The number of nitrogens with one attached hydrogen (secondary N) is 4. The van der Waals surface area contributed by atoms with Crippen molar-refractivity contribution in [3.05, 3.63) is 83.9 Å². The highest BCUT2D eigenvalue weighted by Crippen LogP contribution is 2.24. The van der Waals surface area contributed by atoms with Gasteiger partial charge in [0.25, 0.3) is 15.9 Å². The number of carbonyl (C=O) groups is 2. The van der Waals surface area contributed by atoms with Gasteiger partial charge >= 0.3 is 6.03 Å². The summed E-state index contributed by atoms with van der Waals surface area (Å²) in [5.41, 5.74) is 2.36. The number of urea groups is 1. The summed E-state index contributed by atoms with van der Waals surface area (Å²) in [4.78, 5) is 24.9. The number of carbonyl (C=O) groups excluding carboxylic acids is 2. The maximum absolute atomic E-state index is 12.8. The minimum atomic E-state index is -3.76. The molecule has 33 heavy (non-hydrogen) atoms. The number of anilines is 3. The van der Waals surface area contributed by atoms with Crippen molar-refractivity contribution in [3.63, 3.8) is 0 Å². The lowest BCUT2D eigenvalue weighted by molar-refractivity contribution is 0.102. The largest absolute Gasteiger partial charge is 0.335 e. The van der Waals surface area contributed by atoms with Gasteiger partial charge in [0.2, 0.25) is 0 Å². The molecular weight excluding hydrogens is 440 g/mol. The highest BCUT2D eigenvalue weighted by molar-refractivity contribution is 7.92. The summed E-state index contributed by atoms with van der Waals surface area (Å²) in [5.74, 6) is -0.387. The van der Waals surface area contributed by atoms with Crippen molar-refractivity contribution in [2.45, 2.75) is 30.7 Å². The fourth-order valence-corrected chi connectivity index (χ4v) is 4.28. The molecule has 170 valence electrons. The number of hydrogen-bond acceptors (Lipinski definition) is 4. The highest BCUT2D eigenvalue weighted by Gasteiger charge is 2.23. The number of hydrogen-bond donors (Lipinski definition) is 4. The predicted octanol–water partition coefficient (Wildman–Crippen LogP) is 4.33. The zero-order valence-corrected chi connectivity index (χ0v) is 18.8. The summed E-state index contributed by atoms with van der Waals surface area (Å²) in [6.07, 6.45) is 1.96. The first kappa shape index (κ1) is 22.3. The van der Waals surface area contributed by atoms with Gasteiger partial charge in [-0.25, -0.2) is 13.2 Å². The van der Waals surface area contributed by atoms with Crippen LogP contribution in [0.1, 0.15) is 28.8 Å². The summed E-state index contributed by atoms with van der Waals surface area (Å²) in [5, 5.41) is 8.32. The quantitative estimate of drug-likeness (QED) is 0.416. The van der Waals surface area contributed by atoms with Crippen LogP contribution in [-0.2, 0) is 10.0 Å². The molecule has 1 aliphatic rings. The monoisotopic (exact) mass is 464 g/mol. The molecule has 0 aromatic heterocycles. The smallest absolute Gasteiger partial charge is 0.319 e. The van der Waals surface area contributed by atoms with Crippen LogP contribution in [0, 0.1) is 6.92 Å². The molecule has 3 aromatic carbocycles. The zero-order chi connectivity index (χ0) is 23.4. The summed E-state index contributed by atoms with van der Waals surface area (Å²) in [7, 11) is -3.76. The average Bonchev–Trinajstić information content (AvgIpc) is 3.60. The van der Waals surface area contributed by atoms with Crippen LogP contribution in [0.3, 0.4) is 0 Å². The molecule has 0 spiro atoms. The molecule has 0 aliphatic heterocycles. The van der Waals surface area contributed by atoms with E-state index in [4.69, 9.17) is 0 Å². The molecule has 0 unspecified atom stereocenters. The van der Waals surface area contributed by atoms with E-state index in [0.717, 1.165) is 12.8 Å². The minimum absolute atomic E-state index is 0.147. The Bertz CT molecular complexity index is 1290. The van der Waals surface area contributed by atoms with Gasteiger partial charge in [-0.05, 0) is 67.8 Å². The predicted molar refractivity (Wildman–Crippen MR) is 128 cm³/mol. The zero-order valence-electron chi connectivity index (χ0n) is 18.0. The second-order valence-corrected chi connectivity index (χ2v) is 9.54. The van der Waals surface area contributed by atoms with Crippen LogP contribution in [-0.4, -0.2) is 26.4 Å². The fourth-order valence-electron chi connectivity index (χ4n) is 3.13. The summed E-state index contributed by atoms with van der Waals surface area (Å²) < 4.78 is 27.9. The van der Waals surface area contributed by atoms with Gasteiger partial charge in [-0.2, -0.15) is 0 Å². The molecule has 0 bridgehead atoms. The van der Waals surface area contributed by atoms with Gasteiger partial charge in [0, 0.05) is 23.0 Å². The Balaban J connectivity index is 1.46. The third kappa shape index (κ3) is 5.89. The molecule has 4 rings (SSSR count). The van der Waals surface area contributed by atoms with Gasteiger partial charge in [0.1, 0.15) is 0 Å². The van der Waals surface area contributed by atoms with Crippen molar-refractivity contribution in [2.75, 3.05) is 15.4 Å². The second-order valence-electron chi connectivity index (χ2n) is 7.86. The molecule has 8 nitrogen and oxygen atoms in total. The van der Waals surface area contributed by atoms with E-state index in [0.29, 0.717) is 28.2 Å². The van der Waals surface area contributed by atoms with E-state index in [1.165, 1.54) is 12.1 Å². The van der Waals surface area contributed by atoms with Crippen LogP contribution < -0.4 is 20.7 Å². The molecule has 0 radical (unpaired) electrons. The Morgan fingerprint density at radius 1 is 0.848 bits per heavy atom. The maximum atomic E-state index is 12.8. The van der Waals surface area contributed by atoms with E-state index >= 15 is 0 Å². The van der Waals surface area contributed by atoms with Crippen molar-refractivity contribution in [3.8, 4) is 0 Å². The molecule has 0 saturated heterocycles. The Morgan fingerprint density at radius 2 is 1.58 bits per heavy atom. The normalized spacial score (nSPS) is 13.1. The lowest BCUT2D eigenvalue weighted by Gasteiger charge is -2.13. The van der Waals surface area contributed by atoms with E-state index in [9.17, 15) is 18.0 Å². The van der Waals surface area contributed by atoms with Crippen molar-refractivity contribution >= 4 is 39.0 Å². The first-order valence-corrected chi connectivity index (χ1v) is 12.0. The molecule has 0 atom stereocenters. The van der Waals surface area contributed by atoms with Gasteiger partial charge in [0.15, 0.2) is 0 Å². The van der Waals surface area contributed by atoms with E-state index in [1.54, 1.807) is 67.6 Å². The Hall–Kier alpha value is -3.85. The first-order valence-electron chi connectivity index (χ1n) is 10.5. The number of rotatable bonds is 7. The van der Waals surface area contributed by atoms with E-state index in [1.807, 2.05) is 0 Å². The van der Waals surface area contributed by atoms with Crippen molar-refractivity contribution in [2.24, 2.45) is 0 Å². The van der Waals surface area contributed by atoms with Crippen LogP contribution in [0.2, 0.25) is 0 Å². The standard InChI is InChI=1S/C24H24N4O4S/c1-16-10-11-20(15-22(16)28-33(31,32)21-8-3-2-4-9-21)25-23(29)17-6-5-7-19(14-17)27-24(30)26-18-12-13-18/h2-11,14-15,18,28H,12-13H2,1H3,(H,25,29)(H2,26,27,30). The Morgan fingerprint density at radius 3 is 2.30 bits per heavy atom. The molecule has 1 fully saturated rings. The first-order chi connectivity index (χ1) is 15.8. The molecule has 1 aliphatic carbocycles. The van der Waals surface area contributed by atoms with E-state index in [-0.39, 0.29) is 22.9 Å². The van der Waals surface area contributed by atoms with Gasteiger partial charge in [-0.3, -0.25) is 9.52 Å².